The van der Waals surface area contributed by atoms with Gasteiger partial charge in [-0.25, -0.2) is 4.98 Å². The minimum Gasteiger partial charge on any atom is -0.493 e. The van der Waals surface area contributed by atoms with Gasteiger partial charge in [0.2, 0.25) is 5.95 Å². The summed E-state index contributed by atoms with van der Waals surface area (Å²) in [4.78, 5) is 19.5. The molecule has 3 aliphatic rings. The molecule has 0 amide bonds. The van der Waals surface area contributed by atoms with Crippen molar-refractivity contribution in [3.05, 3.63) is 12.1 Å². The predicted octanol–water partition coefficient (Wildman–Crippen LogP) is 3.88. The van der Waals surface area contributed by atoms with Crippen molar-refractivity contribution >= 4 is 22.7 Å². The number of hydrogen-bond acceptors (Lipinski definition) is 8. The molecule has 8 heteroatoms. The van der Waals surface area contributed by atoms with Gasteiger partial charge < -0.3 is 24.2 Å². The number of nitrogens with zero attached hydrogens (tertiary/aromatic N) is 6. The first kappa shape index (κ1) is 25.3. The highest BCUT2D eigenvalue weighted by molar-refractivity contribution is 5.93. The van der Waals surface area contributed by atoms with Crippen molar-refractivity contribution in [2.75, 3.05) is 90.0 Å². The third-order valence-corrected chi connectivity index (χ3v) is 8.09. The molecule has 0 unspecified atom stereocenters. The van der Waals surface area contributed by atoms with Crippen molar-refractivity contribution < 1.29 is 9.47 Å². The van der Waals surface area contributed by atoms with E-state index in [1.54, 1.807) is 7.11 Å². The van der Waals surface area contributed by atoms with Gasteiger partial charge in [0.15, 0.2) is 11.5 Å². The van der Waals surface area contributed by atoms with Gasteiger partial charge in [-0.1, -0.05) is 12.8 Å². The lowest BCUT2D eigenvalue weighted by atomic mass is 10.1. The minimum atomic E-state index is 0.680. The van der Waals surface area contributed by atoms with E-state index in [1.165, 1.54) is 58.2 Å². The van der Waals surface area contributed by atoms with Gasteiger partial charge in [-0.05, 0) is 57.2 Å². The number of hydrogen-bond donors (Lipinski definition) is 0. The van der Waals surface area contributed by atoms with Crippen LogP contribution in [0.3, 0.4) is 0 Å². The predicted molar refractivity (Wildman–Crippen MR) is 147 cm³/mol. The van der Waals surface area contributed by atoms with E-state index in [2.05, 4.69) is 20.8 Å². The van der Waals surface area contributed by atoms with Crippen LogP contribution in [0.25, 0.3) is 10.9 Å². The lowest BCUT2D eigenvalue weighted by Crippen LogP contribution is -2.48. The molecule has 5 rings (SSSR count). The van der Waals surface area contributed by atoms with Crippen LogP contribution in [0.2, 0.25) is 0 Å². The van der Waals surface area contributed by atoms with E-state index in [9.17, 15) is 0 Å². The molecule has 198 valence electrons. The molecule has 0 spiro atoms. The zero-order chi connectivity index (χ0) is 24.9. The Hall–Kier alpha value is -2.32. The highest BCUT2D eigenvalue weighted by Crippen LogP contribution is 2.37. The number of fused-ring (bicyclic) bond motifs is 1. The largest absolute Gasteiger partial charge is 0.493 e. The molecule has 1 saturated carbocycles. The van der Waals surface area contributed by atoms with E-state index in [0.717, 1.165) is 79.2 Å². The number of benzene rings is 1. The third-order valence-electron chi connectivity index (χ3n) is 8.09. The second kappa shape index (κ2) is 11.8. The minimum absolute atomic E-state index is 0.680. The Morgan fingerprint density at radius 2 is 1.64 bits per heavy atom. The van der Waals surface area contributed by atoms with Crippen molar-refractivity contribution in [1.29, 1.82) is 0 Å². The Balaban J connectivity index is 1.32. The Morgan fingerprint density at radius 3 is 2.33 bits per heavy atom. The molecule has 36 heavy (non-hydrogen) atoms. The Morgan fingerprint density at radius 1 is 0.889 bits per heavy atom. The Kier molecular flexibility index (Phi) is 8.32. The molecule has 0 N–H and O–H groups in total. The van der Waals surface area contributed by atoms with Gasteiger partial charge in [-0.3, -0.25) is 4.90 Å². The molecule has 1 aromatic heterocycles. The zero-order valence-corrected chi connectivity index (χ0v) is 22.5. The standard InChI is InChI=1S/C28H44N6O2/c1-31(2)28-29-24-20-26(36-18-8-13-32-11-6-7-12-32)25(35-3)19-23(24)27(30-28)34-16-14-33(15-17-34)21-22-9-4-5-10-22/h19-20,22H,4-18,21H2,1-3H3. The Labute approximate surface area is 216 Å². The quantitative estimate of drug-likeness (QED) is 0.460. The van der Waals surface area contributed by atoms with Gasteiger partial charge in [-0.15, -0.1) is 0 Å². The molecule has 1 aromatic carbocycles. The van der Waals surface area contributed by atoms with Crippen molar-refractivity contribution in [1.82, 2.24) is 19.8 Å². The maximum Gasteiger partial charge on any atom is 0.227 e. The van der Waals surface area contributed by atoms with Gasteiger partial charge in [0.1, 0.15) is 5.82 Å². The second-order valence-electron chi connectivity index (χ2n) is 11.0. The maximum atomic E-state index is 6.21. The molecular formula is C28H44N6O2. The summed E-state index contributed by atoms with van der Waals surface area (Å²) in [5.41, 5.74) is 0.910. The normalized spacial score (nSPS) is 19.9. The second-order valence-corrected chi connectivity index (χ2v) is 11.0. The molecular weight excluding hydrogens is 452 g/mol. The summed E-state index contributed by atoms with van der Waals surface area (Å²) in [5.74, 6) is 4.15. The molecule has 1 aliphatic carbocycles. The molecule has 0 bridgehead atoms. The van der Waals surface area contributed by atoms with E-state index in [4.69, 9.17) is 19.4 Å². The summed E-state index contributed by atoms with van der Waals surface area (Å²) < 4.78 is 12.0. The van der Waals surface area contributed by atoms with E-state index >= 15 is 0 Å². The molecule has 8 nitrogen and oxygen atoms in total. The average Bonchev–Trinajstić information content (AvgIpc) is 3.60. The van der Waals surface area contributed by atoms with Crippen LogP contribution >= 0.6 is 0 Å². The highest BCUT2D eigenvalue weighted by Gasteiger charge is 2.25. The van der Waals surface area contributed by atoms with Gasteiger partial charge in [0.05, 0.1) is 19.2 Å². The van der Waals surface area contributed by atoms with Crippen molar-refractivity contribution in [3.8, 4) is 11.5 Å². The van der Waals surface area contributed by atoms with Gasteiger partial charge in [0.25, 0.3) is 0 Å². The fourth-order valence-corrected chi connectivity index (χ4v) is 6.00. The van der Waals surface area contributed by atoms with E-state index < -0.39 is 0 Å². The average molecular weight is 497 g/mol. The summed E-state index contributed by atoms with van der Waals surface area (Å²) in [6, 6.07) is 4.11. The Bertz CT molecular complexity index is 995. The van der Waals surface area contributed by atoms with Crippen LogP contribution in [0.1, 0.15) is 44.9 Å². The fraction of sp³-hybridized carbons (Fsp3) is 0.714. The molecule has 2 aliphatic heterocycles. The summed E-state index contributed by atoms with van der Waals surface area (Å²) in [6.45, 7) is 9.64. The topological polar surface area (TPSA) is 57.2 Å². The molecule has 2 aromatic rings. The van der Waals surface area contributed by atoms with Crippen LogP contribution in [-0.2, 0) is 0 Å². The van der Waals surface area contributed by atoms with Crippen LogP contribution in [-0.4, -0.2) is 99.9 Å². The zero-order valence-electron chi connectivity index (χ0n) is 22.5. The fourth-order valence-electron chi connectivity index (χ4n) is 6.00. The van der Waals surface area contributed by atoms with Gasteiger partial charge >= 0.3 is 0 Å². The van der Waals surface area contributed by atoms with Gasteiger partial charge in [0, 0.05) is 64.8 Å². The first-order valence-corrected chi connectivity index (χ1v) is 14.0. The first-order valence-electron chi connectivity index (χ1n) is 14.0. The van der Waals surface area contributed by atoms with Crippen LogP contribution in [0, 0.1) is 5.92 Å². The van der Waals surface area contributed by atoms with Crippen LogP contribution < -0.4 is 19.3 Å². The third kappa shape index (κ3) is 5.97. The molecule has 2 saturated heterocycles. The van der Waals surface area contributed by atoms with E-state index in [1.807, 2.05) is 25.1 Å². The van der Waals surface area contributed by atoms with Crippen molar-refractivity contribution in [2.24, 2.45) is 5.92 Å². The lowest BCUT2D eigenvalue weighted by molar-refractivity contribution is 0.219. The van der Waals surface area contributed by atoms with Crippen LogP contribution in [0.4, 0.5) is 11.8 Å². The number of aromatic nitrogens is 2. The summed E-state index contributed by atoms with van der Waals surface area (Å²) >= 11 is 0. The molecule has 3 fully saturated rings. The SMILES string of the molecule is COc1cc2c(N3CCN(CC4CCCC4)CC3)nc(N(C)C)nc2cc1OCCCN1CCCC1. The van der Waals surface area contributed by atoms with Crippen molar-refractivity contribution in [3.63, 3.8) is 0 Å². The smallest absolute Gasteiger partial charge is 0.227 e. The highest BCUT2D eigenvalue weighted by atomic mass is 16.5. The number of piperazine rings is 1. The van der Waals surface area contributed by atoms with Crippen LogP contribution in [0.15, 0.2) is 12.1 Å². The summed E-state index contributed by atoms with van der Waals surface area (Å²) in [5, 5.41) is 1.03. The van der Waals surface area contributed by atoms with E-state index in [0.29, 0.717) is 6.61 Å². The number of anilines is 2. The number of likely N-dealkylation sites (tertiary alicyclic amines) is 1. The van der Waals surface area contributed by atoms with Crippen LogP contribution in [0.5, 0.6) is 11.5 Å². The number of ether oxygens (including phenoxy) is 2. The van der Waals surface area contributed by atoms with E-state index in [-0.39, 0.29) is 0 Å². The summed E-state index contributed by atoms with van der Waals surface area (Å²) in [6.07, 6.45) is 9.31. The molecule has 3 heterocycles. The molecule has 0 atom stereocenters. The summed E-state index contributed by atoms with van der Waals surface area (Å²) in [7, 11) is 5.72. The number of rotatable bonds is 10. The molecule has 0 radical (unpaired) electrons. The maximum absolute atomic E-state index is 6.21. The first-order chi connectivity index (χ1) is 17.6. The number of methoxy groups -OCH3 is 1. The monoisotopic (exact) mass is 496 g/mol. The van der Waals surface area contributed by atoms with Gasteiger partial charge in [-0.2, -0.15) is 4.98 Å². The van der Waals surface area contributed by atoms with Crippen molar-refractivity contribution in [2.45, 2.75) is 44.9 Å². The lowest BCUT2D eigenvalue weighted by Gasteiger charge is -2.37.